The first-order valence-electron chi connectivity index (χ1n) is 7.17. The fraction of sp³-hybridized carbons (Fsp3) is 0.105. The fourth-order valence-corrected chi connectivity index (χ4v) is 2.68. The lowest BCUT2D eigenvalue weighted by Gasteiger charge is -2.06. The average Bonchev–Trinajstić information content (AvgIpc) is 3.09. The number of benzene rings is 3. The van der Waals surface area contributed by atoms with Crippen LogP contribution in [0.15, 0.2) is 71.7 Å². The van der Waals surface area contributed by atoms with Crippen LogP contribution in [0.3, 0.4) is 0 Å². The van der Waals surface area contributed by atoms with Gasteiger partial charge in [0.25, 0.3) is 0 Å². The summed E-state index contributed by atoms with van der Waals surface area (Å²) in [5.41, 5.74) is 3.50. The number of aliphatic imine (C=N–C) groups is 1. The van der Waals surface area contributed by atoms with Crippen molar-refractivity contribution in [2.45, 2.75) is 0 Å². The van der Waals surface area contributed by atoms with E-state index in [4.69, 9.17) is 4.74 Å². The molecule has 0 bridgehead atoms. The molecule has 0 aliphatic carbocycles. The van der Waals surface area contributed by atoms with Gasteiger partial charge in [-0.3, -0.25) is 0 Å². The van der Waals surface area contributed by atoms with E-state index in [9.17, 15) is 0 Å². The number of ether oxygens (including phenoxy) is 1. The summed E-state index contributed by atoms with van der Waals surface area (Å²) in [6, 6.07) is 23.4. The SMILES string of the molecule is c1ccc2cc(-c3ccc(C4=NCCO4)cc3)ccc2c1. The zero-order valence-electron chi connectivity index (χ0n) is 11.6. The lowest BCUT2D eigenvalue weighted by molar-refractivity contribution is 0.348. The Morgan fingerprint density at radius 1 is 0.714 bits per heavy atom. The largest absolute Gasteiger partial charge is 0.476 e. The first-order valence-corrected chi connectivity index (χ1v) is 7.17. The van der Waals surface area contributed by atoms with Gasteiger partial charge in [-0.15, -0.1) is 0 Å². The van der Waals surface area contributed by atoms with E-state index in [0.717, 1.165) is 18.0 Å². The first-order chi connectivity index (χ1) is 10.4. The van der Waals surface area contributed by atoms with Crippen LogP contribution >= 0.6 is 0 Å². The highest BCUT2D eigenvalue weighted by molar-refractivity contribution is 5.95. The molecular weight excluding hydrogens is 258 g/mol. The van der Waals surface area contributed by atoms with Gasteiger partial charge in [-0.25, -0.2) is 4.99 Å². The third kappa shape index (κ3) is 2.29. The monoisotopic (exact) mass is 273 g/mol. The van der Waals surface area contributed by atoms with E-state index in [-0.39, 0.29) is 0 Å². The van der Waals surface area contributed by atoms with Crippen LogP contribution in [0.4, 0.5) is 0 Å². The van der Waals surface area contributed by atoms with E-state index in [1.54, 1.807) is 0 Å². The van der Waals surface area contributed by atoms with Gasteiger partial charge in [0.1, 0.15) is 6.61 Å². The van der Waals surface area contributed by atoms with Crippen LogP contribution in [0.1, 0.15) is 5.56 Å². The molecule has 3 aromatic rings. The highest BCUT2D eigenvalue weighted by Crippen LogP contribution is 2.25. The molecule has 1 heterocycles. The molecular formula is C19H15NO. The number of hydrogen-bond donors (Lipinski definition) is 0. The summed E-state index contributed by atoms with van der Waals surface area (Å²) in [5.74, 6) is 0.764. The van der Waals surface area contributed by atoms with Crippen LogP contribution in [0.2, 0.25) is 0 Å². The zero-order valence-corrected chi connectivity index (χ0v) is 11.6. The van der Waals surface area contributed by atoms with E-state index in [0.29, 0.717) is 6.61 Å². The van der Waals surface area contributed by atoms with Gasteiger partial charge in [0, 0.05) is 5.56 Å². The van der Waals surface area contributed by atoms with Crippen molar-refractivity contribution >= 4 is 16.7 Å². The van der Waals surface area contributed by atoms with Gasteiger partial charge in [-0.2, -0.15) is 0 Å². The molecule has 1 aliphatic rings. The Bertz CT molecular complexity index is 818. The predicted octanol–water partition coefficient (Wildman–Crippen LogP) is 4.28. The predicted molar refractivity (Wildman–Crippen MR) is 86.7 cm³/mol. The molecule has 0 spiro atoms. The molecule has 4 rings (SSSR count). The standard InChI is InChI=1S/C19H15NO/c1-2-4-17-13-18(10-7-14(17)3-1)15-5-8-16(9-6-15)19-20-11-12-21-19/h1-10,13H,11-12H2. The van der Waals surface area contributed by atoms with E-state index in [2.05, 4.69) is 71.7 Å². The molecule has 0 radical (unpaired) electrons. The summed E-state index contributed by atoms with van der Waals surface area (Å²) in [5, 5.41) is 2.54. The maximum atomic E-state index is 5.49. The maximum absolute atomic E-state index is 5.49. The van der Waals surface area contributed by atoms with E-state index in [1.807, 2.05) is 0 Å². The van der Waals surface area contributed by atoms with Crippen LogP contribution in [-0.2, 0) is 4.74 Å². The van der Waals surface area contributed by atoms with Crippen molar-refractivity contribution in [1.29, 1.82) is 0 Å². The van der Waals surface area contributed by atoms with Crippen LogP contribution in [0.25, 0.3) is 21.9 Å². The van der Waals surface area contributed by atoms with E-state index < -0.39 is 0 Å². The number of nitrogens with zero attached hydrogens (tertiary/aromatic N) is 1. The Morgan fingerprint density at radius 2 is 1.43 bits per heavy atom. The Balaban J connectivity index is 1.71. The summed E-state index contributed by atoms with van der Waals surface area (Å²) in [7, 11) is 0. The van der Waals surface area contributed by atoms with Gasteiger partial charge >= 0.3 is 0 Å². The molecule has 0 fully saturated rings. The second-order valence-corrected chi connectivity index (χ2v) is 5.17. The van der Waals surface area contributed by atoms with Crippen LogP contribution in [0.5, 0.6) is 0 Å². The second kappa shape index (κ2) is 5.06. The summed E-state index contributed by atoms with van der Waals surface area (Å²) in [6.45, 7) is 1.46. The molecule has 3 aromatic carbocycles. The molecule has 0 saturated carbocycles. The maximum Gasteiger partial charge on any atom is 0.216 e. The Morgan fingerprint density at radius 3 is 2.19 bits per heavy atom. The van der Waals surface area contributed by atoms with Crippen molar-refractivity contribution < 1.29 is 4.74 Å². The third-order valence-corrected chi connectivity index (χ3v) is 3.80. The third-order valence-electron chi connectivity index (χ3n) is 3.80. The van der Waals surface area contributed by atoms with E-state index in [1.165, 1.54) is 21.9 Å². The minimum atomic E-state index is 0.696. The van der Waals surface area contributed by atoms with Gasteiger partial charge < -0.3 is 4.74 Å². The smallest absolute Gasteiger partial charge is 0.216 e. The van der Waals surface area contributed by atoms with Gasteiger partial charge in [-0.05, 0) is 40.1 Å². The van der Waals surface area contributed by atoms with Crippen LogP contribution < -0.4 is 0 Å². The van der Waals surface area contributed by atoms with Crippen molar-refractivity contribution in [1.82, 2.24) is 0 Å². The van der Waals surface area contributed by atoms with Gasteiger partial charge in [0.2, 0.25) is 5.90 Å². The average molecular weight is 273 g/mol. The molecule has 2 heteroatoms. The highest BCUT2D eigenvalue weighted by Gasteiger charge is 2.10. The van der Waals surface area contributed by atoms with Crippen molar-refractivity contribution in [3.63, 3.8) is 0 Å². The molecule has 102 valence electrons. The Labute approximate surface area is 123 Å². The summed E-state index contributed by atoms with van der Waals surface area (Å²) in [6.07, 6.45) is 0. The van der Waals surface area contributed by atoms with Gasteiger partial charge in [0.15, 0.2) is 0 Å². The zero-order chi connectivity index (χ0) is 14.1. The van der Waals surface area contributed by atoms with Crippen molar-refractivity contribution in [3.05, 3.63) is 72.3 Å². The van der Waals surface area contributed by atoms with Crippen molar-refractivity contribution in [2.24, 2.45) is 4.99 Å². The summed E-state index contributed by atoms with van der Waals surface area (Å²) < 4.78 is 5.49. The molecule has 0 unspecified atom stereocenters. The lowest BCUT2D eigenvalue weighted by Crippen LogP contribution is -2.00. The van der Waals surface area contributed by atoms with Crippen LogP contribution in [0, 0.1) is 0 Å². The van der Waals surface area contributed by atoms with Crippen LogP contribution in [-0.4, -0.2) is 19.0 Å². The topological polar surface area (TPSA) is 21.6 Å². The Hall–Kier alpha value is -2.61. The minimum absolute atomic E-state index is 0.696. The second-order valence-electron chi connectivity index (χ2n) is 5.17. The molecule has 21 heavy (non-hydrogen) atoms. The molecule has 0 aromatic heterocycles. The lowest BCUT2D eigenvalue weighted by atomic mass is 10.0. The fourth-order valence-electron chi connectivity index (χ4n) is 2.68. The molecule has 0 saturated heterocycles. The quantitative estimate of drug-likeness (QED) is 0.682. The number of hydrogen-bond acceptors (Lipinski definition) is 2. The first kappa shape index (κ1) is 12.2. The number of rotatable bonds is 2. The molecule has 0 atom stereocenters. The highest BCUT2D eigenvalue weighted by atomic mass is 16.5. The van der Waals surface area contributed by atoms with Crippen molar-refractivity contribution in [2.75, 3.05) is 13.2 Å². The number of fused-ring (bicyclic) bond motifs is 1. The molecule has 1 aliphatic heterocycles. The van der Waals surface area contributed by atoms with Crippen molar-refractivity contribution in [3.8, 4) is 11.1 Å². The normalized spacial score (nSPS) is 14.0. The van der Waals surface area contributed by atoms with E-state index >= 15 is 0 Å². The molecule has 0 amide bonds. The van der Waals surface area contributed by atoms with Gasteiger partial charge in [0.05, 0.1) is 6.54 Å². The van der Waals surface area contributed by atoms with Gasteiger partial charge in [-0.1, -0.05) is 48.5 Å². The minimum Gasteiger partial charge on any atom is -0.476 e. The summed E-state index contributed by atoms with van der Waals surface area (Å²) >= 11 is 0. The molecule has 2 nitrogen and oxygen atoms in total. The summed E-state index contributed by atoms with van der Waals surface area (Å²) in [4.78, 5) is 4.34. The Kier molecular flexibility index (Phi) is 2.93. The molecule has 0 N–H and O–H groups in total.